The number of anilines is 2. The SMILES string of the molecule is COCc1ccc(C(=O)N2CCC[C@H](c3cc(Nc4ccc(OC)cc4)cc(C)n3)C2)cc1. The van der Waals surface area contributed by atoms with E-state index in [2.05, 4.69) is 11.4 Å². The van der Waals surface area contributed by atoms with Gasteiger partial charge in [0.25, 0.3) is 5.91 Å². The van der Waals surface area contributed by atoms with Gasteiger partial charge in [-0.05, 0) is 73.9 Å². The van der Waals surface area contributed by atoms with Crippen LogP contribution in [0.15, 0.2) is 60.7 Å². The lowest BCUT2D eigenvalue weighted by Crippen LogP contribution is -2.39. The fourth-order valence-corrected chi connectivity index (χ4v) is 4.31. The first-order valence-corrected chi connectivity index (χ1v) is 11.3. The lowest BCUT2D eigenvalue weighted by atomic mass is 9.93. The molecular weight excluding hydrogens is 414 g/mol. The number of rotatable bonds is 7. The molecule has 1 N–H and O–H groups in total. The third-order valence-electron chi connectivity index (χ3n) is 5.99. The number of pyridine rings is 1. The number of benzene rings is 2. The van der Waals surface area contributed by atoms with Crippen LogP contribution in [0.5, 0.6) is 5.75 Å². The summed E-state index contributed by atoms with van der Waals surface area (Å²) in [4.78, 5) is 19.9. The summed E-state index contributed by atoms with van der Waals surface area (Å²) in [6.07, 6.45) is 1.99. The van der Waals surface area contributed by atoms with Crippen molar-refractivity contribution in [3.8, 4) is 5.75 Å². The van der Waals surface area contributed by atoms with E-state index in [1.165, 1.54) is 0 Å². The number of aryl methyl sites for hydroxylation is 1. The first-order chi connectivity index (χ1) is 16.1. The highest BCUT2D eigenvalue weighted by molar-refractivity contribution is 5.94. The minimum Gasteiger partial charge on any atom is -0.497 e. The third kappa shape index (κ3) is 5.71. The standard InChI is InChI=1S/C27H31N3O3/c1-19-15-24(29-23-10-12-25(33-3)13-11-23)16-26(28-19)22-5-4-14-30(17-22)27(31)21-8-6-20(7-9-21)18-32-2/h6-13,15-16,22H,4-5,14,17-18H2,1-3H3,(H,28,29)/t22-/m0/s1. The predicted octanol–water partition coefficient (Wildman–Crippen LogP) is 5.31. The van der Waals surface area contributed by atoms with Crippen molar-refractivity contribution in [2.75, 3.05) is 32.6 Å². The van der Waals surface area contributed by atoms with Gasteiger partial charge in [-0.2, -0.15) is 0 Å². The molecule has 33 heavy (non-hydrogen) atoms. The molecule has 0 spiro atoms. The Hall–Kier alpha value is -3.38. The average Bonchev–Trinajstić information content (AvgIpc) is 2.84. The van der Waals surface area contributed by atoms with Crippen molar-refractivity contribution in [1.82, 2.24) is 9.88 Å². The van der Waals surface area contributed by atoms with E-state index in [9.17, 15) is 4.79 Å². The molecule has 0 unspecified atom stereocenters. The van der Waals surface area contributed by atoms with Crippen LogP contribution in [0.1, 0.15) is 46.1 Å². The van der Waals surface area contributed by atoms with Crippen molar-refractivity contribution < 1.29 is 14.3 Å². The highest BCUT2D eigenvalue weighted by Gasteiger charge is 2.26. The second kappa shape index (κ2) is 10.5. The molecule has 2 heterocycles. The number of likely N-dealkylation sites (tertiary alicyclic amines) is 1. The summed E-state index contributed by atoms with van der Waals surface area (Å²) in [7, 11) is 3.33. The fourth-order valence-electron chi connectivity index (χ4n) is 4.31. The van der Waals surface area contributed by atoms with Crippen LogP contribution >= 0.6 is 0 Å². The minimum absolute atomic E-state index is 0.0768. The van der Waals surface area contributed by atoms with E-state index in [1.807, 2.05) is 66.4 Å². The number of nitrogens with one attached hydrogen (secondary N) is 1. The number of hydrogen-bond donors (Lipinski definition) is 1. The zero-order valence-corrected chi connectivity index (χ0v) is 19.5. The lowest BCUT2D eigenvalue weighted by Gasteiger charge is -2.33. The molecule has 1 aliphatic rings. The predicted molar refractivity (Wildman–Crippen MR) is 130 cm³/mol. The number of piperidine rings is 1. The van der Waals surface area contributed by atoms with Crippen LogP contribution in [0.25, 0.3) is 0 Å². The summed E-state index contributed by atoms with van der Waals surface area (Å²) in [5.41, 5.74) is 5.75. The molecule has 1 aromatic heterocycles. The summed E-state index contributed by atoms with van der Waals surface area (Å²) in [6, 6.07) is 19.7. The lowest BCUT2D eigenvalue weighted by molar-refractivity contribution is 0.0706. The van der Waals surface area contributed by atoms with Crippen molar-refractivity contribution in [2.24, 2.45) is 0 Å². The topological polar surface area (TPSA) is 63.7 Å². The van der Waals surface area contributed by atoms with Gasteiger partial charge in [-0.3, -0.25) is 9.78 Å². The number of amides is 1. The van der Waals surface area contributed by atoms with Crippen LogP contribution in [-0.2, 0) is 11.3 Å². The molecule has 1 aliphatic heterocycles. The van der Waals surface area contributed by atoms with E-state index < -0.39 is 0 Å². The summed E-state index contributed by atoms with van der Waals surface area (Å²) in [5, 5.41) is 3.46. The van der Waals surface area contributed by atoms with E-state index in [0.717, 1.165) is 59.0 Å². The normalized spacial score (nSPS) is 15.8. The molecule has 172 valence electrons. The van der Waals surface area contributed by atoms with Gasteiger partial charge in [0.1, 0.15) is 5.75 Å². The van der Waals surface area contributed by atoms with Crippen molar-refractivity contribution in [2.45, 2.75) is 32.3 Å². The van der Waals surface area contributed by atoms with Crippen LogP contribution < -0.4 is 10.1 Å². The largest absolute Gasteiger partial charge is 0.497 e. The number of ether oxygens (including phenoxy) is 2. The summed E-state index contributed by atoms with van der Waals surface area (Å²) >= 11 is 0. The maximum absolute atomic E-state index is 13.1. The van der Waals surface area contributed by atoms with Crippen LogP contribution in [-0.4, -0.2) is 43.1 Å². The van der Waals surface area contributed by atoms with E-state index in [4.69, 9.17) is 14.5 Å². The number of nitrogens with zero attached hydrogens (tertiary/aromatic N) is 2. The van der Waals surface area contributed by atoms with Crippen molar-refractivity contribution in [3.05, 3.63) is 83.2 Å². The van der Waals surface area contributed by atoms with Crippen molar-refractivity contribution in [1.29, 1.82) is 0 Å². The Morgan fingerprint density at radius 2 is 1.82 bits per heavy atom. The molecule has 1 fully saturated rings. The van der Waals surface area contributed by atoms with Gasteiger partial charge in [0.2, 0.25) is 0 Å². The molecule has 0 aliphatic carbocycles. The van der Waals surface area contributed by atoms with E-state index >= 15 is 0 Å². The van der Waals surface area contributed by atoms with Crippen molar-refractivity contribution in [3.63, 3.8) is 0 Å². The summed E-state index contributed by atoms with van der Waals surface area (Å²) in [5.74, 6) is 1.12. The highest BCUT2D eigenvalue weighted by Crippen LogP contribution is 2.30. The Kier molecular flexibility index (Phi) is 7.25. The molecule has 6 nitrogen and oxygen atoms in total. The van der Waals surface area contributed by atoms with Gasteiger partial charge in [0.05, 0.1) is 13.7 Å². The molecule has 0 saturated carbocycles. The van der Waals surface area contributed by atoms with Gasteiger partial charge in [0.15, 0.2) is 0 Å². The number of aromatic nitrogens is 1. The molecule has 2 aromatic carbocycles. The molecular formula is C27H31N3O3. The average molecular weight is 446 g/mol. The van der Waals surface area contributed by atoms with Gasteiger partial charge >= 0.3 is 0 Å². The molecule has 1 amide bonds. The smallest absolute Gasteiger partial charge is 0.253 e. The first-order valence-electron chi connectivity index (χ1n) is 11.3. The first kappa shape index (κ1) is 22.8. The Bertz CT molecular complexity index is 1080. The molecule has 6 heteroatoms. The molecule has 4 rings (SSSR count). The molecule has 1 saturated heterocycles. The second-order valence-electron chi connectivity index (χ2n) is 8.50. The quantitative estimate of drug-likeness (QED) is 0.534. The second-order valence-corrected chi connectivity index (χ2v) is 8.50. The fraction of sp³-hybridized carbons (Fsp3) is 0.333. The molecule has 0 radical (unpaired) electrons. The van der Waals surface area contributed by atoms with Crippen molar-refractivity contribution >= 4 is 17.3 Å². The number of hydrogen-bond acceptors (Lipinski definition) is 5. The van der Waals surface area contributed by atoms with Gasteiger partial charge in [0, 0.05) is 54.4 Å². The van der Waals surface area contributed by atoms with Crippen LogP contribution in [0.3, 0.4) is 0 Å². The molecule has 1 atom stereocenters. The van der Waals surface area contributed by atoms with Gasteiger partial charge < -0.3 is 19.7 Å². The zero-order chi connectivity index (χ0) is 23.2. The number of carbonyl (C=O) groups excluding carboxylic acids is 1. The maximum atomic E-state index is 13.1. The highest BCUT2D eigenvalue weighted by atomic mass is 16.5. The molecule has 0 bridgehead atoms. The van der Waals surface area contributed by atoms with Gasteiger partial charge in [-0.25, -0.2) is 0 Å². The van der Waals surface area contributed by atoms with Gasteiger partial charge in [-0.1, -0.05) is 12.1 Å². The van der Waals surface area contributed by atoms with Crippen LogP contribution in [0, 0.1) is 6.92 Å². The Morgan fingerprint density at radius 1 is 1.06 bits per heavy atom. The van der Waals surface area contributed by atoms with Crippen LogP contribution in [0.4, 0.5) is 11.4 Å². The summed E-state index contributed by atoms with van der Waals surface area (Å²) < 4.78 is 10.4. The Morgan fingerprint density at radius 3 is 2.52 bits per heavy atom. The van der Waals surface area contributed by atoms with Gasteiger partial charge in [-0.15, -0.1) is 0 Å². The third-order valence-corrected chi connectivity index (χ3v) is 5.99. The summed E-state index contributed by atoms with van der Waals surface area (Å²) in [6.45, 7) is 4.01. The Labute approximate surface area is 195 Å². The molecule has 3 aromatic rings. The number of carbonyl (C=O) groups is 1. The zero-order valence-electron chi connectivity index (χ0n) is 19.5. The minimum atomic E-state index is 0.0768. The number of methoxy groups -OCH3 is 2. The van der Waals surface area contributed by atoms with E-state index in [1.54, 1.807) is 14.2 Å². The van der Waals surface area contributed by atoms with Crippen LogP contribution in [0.2, 0.25) is 0 Å². The van der Waals surface area contributed by atoms with E-state index in [0.29, 0.717) is 13.2 Å². The van der Waals surface area contributed by atoms with E-state index in [-0.39, 0.29) is 11.8 Å². The Balaban J connectivity index is 1.47. The monoisotopic (exact) mass is 445 g/mol. The maximum Gasteiger partial charge on any atom is 0.253 e.